The van der Waals surface area contributed by atoms with E-state index in [1.165, 1.54) is 0 Å². The molecule has 1 N–H and O–H groups in total. The van der Waals surface area contributed by atoms with E-state index in [4.69, 9.17) is 9.47 Å². The van der Waals surface area contributed by atoms with Gasteiger partial charge in [0.15, 0.2) is 0 Å². The van der Waals surface area contributed by atoms with Crippen LogP contribution in [0.2, 0.25) is 0 Å². The second-order valence-electron chi connectivity index (χ2n) is 7.95. The van der Waals surface area contributed by atoms with Crippen molar-refractivity contribution >= 4 is 23.6 Å². The molecule has 1 aliphatic heterocycles. The number of ether oxygens (including phenoxy) is 2. The second kappa shape index (κ2) is 10.6. The molecule has 2 amide bonds. The van der Waals surface area contributed by atoms with Crippen LogP contribution in [0.15, 0.2) is 53.4 Å². The summed E-state index contributed by atoms with van der Waals surface area (Å²) in [7, 11) is 3.21. The van der Waals surface area contributed by atoms with Crippen molar-refractivity contribution in [3.05, 3.63) is 54.1 Å². The molecule has 7 heteroatoms. The lowest BCUT2D eigenvalue weighted by Gasteiger charge is -2.38. The lowest BCUT2D eigenvalue weighted by atomic mass is 9.79. The summed E-state index contributed by atoms with van der Waals surface area (Å²) in [4.78, 5) is 28.4. The van der Waals surface area contributed by atoms with Crippen molar-refractivity contribution in [1.82, 2.24) is 10.2 Å². The summed E-state index contributed by atoms with van der Waals surface area (Å²) >= 11 is 1.55. The molecule has 0 unspecified atom stereocenters. The van der Waals surface area contributed by atoms with E-state index >= 15 is 0 Å². The molecule has 1 heterocycles. The first-order chi connectivity index (χ1) is 14.9. The Kier molecular flexibility index (Phi) is 7.85. The Bertz CT molecular complexity index is 873. The van der Waals surface area contributed by atoms with Crippen LogP contribution in [-0.4, -0.2) is 49.8 Å². The lowest BCUT2D eigenvalue weighted by Crippen LogP contribution is -2.49. The number of carbonyl (C=O) groups is 2. The molecule has 0 radical (unpaired) electrons. The normalized spacial score (nSPS) is 15.3. The summed E-state index contributed by atoms with van der Waals surface area (Å²) < 4.78 is 10.6. The van der Waals surface area contributed by atoms with Crippen LogP contribution in [0.1, 0.15) is 25.3 Å². The third kappa shape index (κ3) is 6.17. The number of hydrogen-bond acceptors (Lipinski definition) is 5. The molecular weight excluding hydrogens is 412 g/mol. The van der Waals surface area contributed by atoms with Gasteiger partial charge in [0.2, 0.25) is 11.8 Å². The summed E-state index contributed by atoms with van der Waals surface area (Å²) in [5, 5.41) is 3.04. The highest BCUT2D eigenvalue weighted by Gasteiger charge is 2.37. The van der Waals surface area contributed by atoms with Crippen molar-refractivity contribution < 1.29 is 19.1 Å². The summed E-state index contributed by atoms with van der Waals surface area (Å²) in [5.41, 5.74) is 0.436. The number of methoxy groups -OCH3 is 2. The molecule has 0 aliphatic carbocycles. The van der Waals surface area contributed by atoms with E-state index in [0.717, 1.165) is 10.5 Å². The number of nitrogens with one attached hydrogen (secondary N) is 1. The Morgan fingerprint density at radius 3 is 2.23 bits per heavy atom. The first kappa shape index (κ1) is 23.0. The van der Waals surface area contributed by atoms with Crippen LogP contribution in [0.25, 0.3) is 0 Å². The van der Waals surface area contributed by atoms with Gasteiger partial charge in [0, 0.05) is 36.0 Å². The van der Waals surface area contributed by atoms with Crippen LogP contribution >= 0.6 is 11.8 Å². The van der Waals surface area contributed by atoms with Crippen LogP contribution in [0.3, 0.4) is 0 Å². The molecule has 2 aromatic rings. The lowest BCUT2D eigenvalue weighted by molar-refractivity contribution is -0.138. The van der Waals surface area contributed by atoms with Gasteiger partial charge >= 0.3 is 0 Å². The first-order valence-corrected chi connectivity index (χ1v) is 11.4. The number of likely N-dealkylation sites (tertiary alicyclic amines) is 1. The Morgan fingerprint density at radius 1 is 1.03 bits per heavy atom. The fourth-order valence-electron chi connectivity index (χ4n) is 3.59. The molecule has 1 saturated heterocycles. The van der Waals surface area contributed by atoms with Gasteiger partial charge in [-0.05, 0) is 42.7 Å². The maximum atomic E-state index is 12.9. The van der Waals surface area contributed by atoms with Gasteiger partial charge in [0.1, 0.15) is 11.5 Å². The summed E-state index contributed by atoms with van der Waals surface area (Å²) in [6.45, 7) is 3.59. The largest absolute Gasteiger partial charge is 0.497 e. The van der Waals surface area contributed by atoms with Gasteiger partial charge in [-0.3, -0.25) is 9.59 Å². The molecule has 0 spiro atoms. The molecule has 1 aliphatic rings. The molecule has 1 fully saturated rings. The van der Waals surface area contributed by atoms with Gasteiger partial charge in [0.05, 0.1) is 20.0 Å². The Morgan fingerprint density at radius 2 is 1.65 bits per heavy atom. The molecule has 0 saturated carbocycles. The molecule has 31 heavy (non-hydrogen) atoms. The highest BCUT2D eigenvalue weighted by Crippen LogP contribution is 2.32. The maximum Gasteiger partial charge on any atom is 0.232 e. The number of nitrogens with zero attached hydrogens (tertiary/aromatic N) is 1. The zero-order valence-electron chi connectivity index (χ0n) is 18.3. The predicted molar refractivity (Wildman–Crippen MR) is 122 cm³/mol. The van der Waals surface area contributed by atoms with Crippen molar-refractivity contribution in [3.8, 4) is 11.5 Å². The zero-order valence-corrected chi connectivity index (χ0v) is 19.2. The number of benzene rings is 2. The SMILES string of the molecule is COc1cc(CNC(=O)C2(C)CCN(C(=O)CSc3ccccc3)CC2)cc(OC)c1. The molecule has 0 bridgehead atoms. The van der Waals surface area contributed by atoms with Gasteiger partial charge < -0.3 is 19.7 Å². The standard InChI is InChI=1S/C24H30N2O4S/c1-24(23(28)25-16-18-13-19(29-2)15-20(14-18)30-3)9-11-26(12-10-24)22(27)17-31-21-7-5-4-6-8-21/h4-8,13-15H,9-12,16-17H2,1-3H3,(H,25,28). The van der Waals surface area contributed by atoms with Crippen LogP contribution in [0, 0.1) is 5.41 Å². The van der Waals surface area contributed by atoms with Crippen molar-refractivity contribution in [1.29, 1.82) is 0 Å². The molecule has 166 valence electrons. The van der Waals surface area contributed by atoms with Crippen molar-refractivity contribution in [2.45, 2.75) is 31.2 Å². The van der Waals surface area contributed by atoms with Gasteiger partial charge in [-0.15, -0.1) is 11.8 Å². The van der Waals surface area contributed by atoms with Crippen LogP contribution in [0.5, 0.6) is 11.5 Å². The Labute approximate surface area is 188 Å². The van der Waals surface area contributed by atoms with Crippen molar-refractivity contribution in [2.75, 3.05) is 33.1 Å². The van der Waals surface area contributed by atoms with E-state index in [0.29, 0.717) is 49.7 Å². The number of hydrogen-bond donors (Lipinski definition) is 1. The fraction of sp³-hybridized carbons (Fsp3) is 0.417. The molecule has 3 rings (SSSR count). The summed E-state index contributed by atoms with van der Waals surface area (Å²) in [6, 6.07) is 15.5. The van der Waals surface area contributed by atoms with Crippen molar-refractivity contribution in [2.24, 2.45) is 5.41 Å². The Hall–Kier alpha value is -2.67. The fourth-order valence-corrected chi connectivity index (χ4v) is 4.42. The quantitative estimate of drug-likeness (QED) is 0.631. The third-order valence-corrected chi connectivity index (χ3v) is 6.73. The topological polar surface area (TPSA) is 67.9 Å². The molecule has 0 atom stereocenters. The molecule has 2 aromatic carbocycles. The van der Waals surface area contributed by atoms with Gasteiger partial charge in [0.25, 0.3) is 0 Å². The minimum absolute atomic E-state index is 0.0139. The minimum Gasteiger partial charge on any atom is -0.497 e. The molecule has 0 aromatic heterocycles. The number of carbonyl (C=O) groups excluding carboxylic acids is 2. The van der Waals surface area contributed by atoms with Gasteiger partial charge in [-0.1, -0.05) is 25.1 Å². The minimum atomic E-state index is -0.480. The summed E-state index contributed by atoms with van der Waals surface area (Å²) in [6.07, 6.45) is 1.31. The average molecular weight is 443 g/mol. The average Bonchev–Trinajstić information content (AvgIpc) is 2.81. The second-order valence-corrected chi connectivity index (χ2v) is 9.00. The van der Waals surface area contributed by atoms with Crippen LogP contribution in [-0.2, 0) is 16.1 Å². The highest BCUT2D eigenvalue weighted by atomic mass is 32.2. The Balaban J connectivity index is 1.49. The number of piperidine rings is 1. The zero-order chi connectivity index (χ0) is 22.3. The smallest absolute Gasteiger partial charge is 0.232 e. The predicted octanol–water partition coefficient (Wildman–Crippen LogP) is 3.74. The van der Waals surface area contributed by atoms with E-state index < -0.39 is 5.41 Å². The van der Waals surface area contributed by atoms with E-state index in [-0.39, 0.29) is 11.8 Å². The number of rotatable bonds is 8. The number of amides is 2. The monoisotopic (exact) mass is 442 g/mol. The van der Waals surface area contributed by atoms with E-state index in [1.807, 2.05) is 54.3 Å². The van der Waals surface area contributed by atoms with Crippen molar-refractivity contribution in [3.63, 3.8) is 0 Å². The highest BCUT2D eigenvalue weighted by molar-refractivity contribution is 8.00. The van der Waals surface area contributed by atoms with E-state index in [9.17, 15) is 9.59 Å². The third-order valence-electron chi connectivity index (χ3n) is 5.74. The van der Waals surface area contributed by atoms with E-state index in [1.54, 1.807) is 32.0 Å². The van der Waals surface area contributed by atoms with Gasteiger partial charge in [-0.25, -0.2) is 0 Å². The molecular formula is C24H30N2O4S. The summed E-state index contributed by atoms with van der Waals surface area (Å²) in [5.74, 6) is 1.94. The van der Waals surface area contributed by atoms with Gasteiger partial charge in [-0.2, -0.15) is 0 Å². The number of thioether (sulfide) groups is 1. The first-order valence-electron chi connectivity index (χ1n) is 10.4. The van der Waals surface area contributed by atoms with Crippen LogP contribution in [0.4, 0.5) is 0 Å². The van der Waals surface area contributed by atoms with Crippen LogP contribution < -0.4 is 14.8 Å². The maximum absolute atomic E-state index is 12.9. The van der Waals surface area contributed by atoms with E-state index in [2.05, 4.69) is 5.32 Å². The molecule has 6 nitrogen and oxygen atoms in total.